The Hall–Kier alpha value is -2.44. The molecule has 0 aliphatic heterocycles. The van der Waals surface area contributed by atoms with Crippen molar-refractivity contribution in [3.05, 3.63) is 75.5 Å². The summed E-state index contributed by atoms with van der Waals surface area (Å²) >= 11 is 7.21. The number of nitrogens with one attached hydrogen (secondary N) is 1. The summed E-state index contributed by atoms with van der Waals surface area (Å²) in [6.07, 6.45) is 1.69. The van der Waals surface area contributed by atoms with Crippen molar-refractivity contribution in [2.45, 2.75) is 13.2 Å². The summed E-state index contributed by atoms with van der Waals surface area (Å²) in [6.45, 7) is 0.674. The Morgan fingerprint density at radius 3 is 2.79 bits per heavy atom. The molecule has 1 N–H and O–H groups in total. The normalized spacial score (nSPS) is 10.4. The second-order valence-corrected chi connectivity index (χ2v) is 6.25. The minimum absolute atomic E-state index is 0.227. The Labute approximate surface area is 148 Å². The number of amides is 1. The van der Waals surface area contributed by atoms with Crippen molar-refractivity contribution < 1.29 is 9.53 Å². The minimum atomic E-state index is -0.227. The number of hydrogen-bond donors (Lipinski definition) is 1. The molecule has 2 heterocycles. The number of hydrogen-bond acceptors (Lipinski definition) is 5. The van der Waals surface area contributed by atoms with Crippen LogP contribution in [0.1, 0.15) is 21.2 Å². The number of carbonyl (C=O) groups excluding carboxylic acids is 1. The van der Waals surface area contributed by atoms with Crippen LogP contribution in [0.3, 0.4) is 0 Å². The maximum Gasteiger partial charge on any atom is 0.271 e. The molecule has 1 aromatic carbocycles. The van der Waals surface area contributed by atoms with Gasteiger partial charge in [-0.3, -0.25) is 9.78 Å². The van der Waals surface area contributed by atoms with Crippen LogP contribution in [0.15, 0.2) is 54.0 Å². The maximum atomic E-state index is 12.1. The Kier molecular flexibility index (Phi) is 5.40. The predicted molar refractivity (Wildman–Crippen MR) is 93.3 cm³/mol. The predicted octanol–water partition coefficient (Wildman–Crippen LogP) is 3.70. The molecule has 0 aliphatic rings. The van der Waals surface area contributed by atoms with E-state index in [0.717, 1.165) is 10.7 Å². The zero-order valence-electron chi connectivity index (χ0n) is 12.6. The van der Waals surface area contributed by atoms with Crippen LogP contribution in [-0.2, 0) is 13.2 Å². The van der Waals surface area contributed by atoms with E-state index in [1.54, 1.807) is 35.8 Å². The van der Waals surface area contributed by atoms with Gasteiger partial charge in [-0.25, -0.2) is 4.98 Å². The molecule has 0 aliphatic carbocycles. The molecule has 5 nitrogen and oxygen atoms in total. The van der Waals surface area contributed by atoms with Crippen molar-refractivity contribution in [3.63, 3.8) is 0 Å². The molecule has 0 unspecified atom stereocenters. The first-order chi connectivity index (χ1) is 11.7. The van der Waals surface area contributed by atoms with Gasteiger partial charge >= 0.3 is 0 Å². The molecule has 0 saturated carbocycles. The number of nitrogens with zero attached hydrogens (tertiary/aromatic N) is 2. The second-order valence-electron chi connectivity index (χ2n) is 4.87. The van der Waals surface area contributed by atoms with Crippen molar-refractivity contribution >= 4 is 28.8 Å². The molecule has 0 spiro atoms. The summed E-state index contributed by atoms with van der Waals surface area (Å²) in [6, 6.07) is 12.7. The van der Waals surface area contributed by atoms with E-state index in [-0.39, 0.29) is 5.91 Å². The van der Waals surface area contributed by atoms with Gasteiger partial charge in [-0.05, 0) is 36.4 Å². The third-order valence-corrected chi connectivity index (χ3v) is 4.19. The van der Waals surface area contributed by atoms with Crippen molar-refractivity contribution in [3.8, 4) is 5.75 Å². The molecule has 0 saturated heterocycles. The number of pyridine rings is 1. The molecular formula is C17H14ClN3O2S. The Bertz CT molecular complexity index is 806. The largest absolute Gasteiger partial charge is 0.486 e. The number of ether oxygens (including phenoxy) is 1. The fourth-order valence-electron chi connectivity index (χ4n) is 1.92. The summed E-state index contributed by atoms with van der Waals surface area (Å²) in [5, 5.41) is 5.90. The van der Waals surface area contributed by atoms with Gasteiger partial charge in [-0.1, -0.05) is 17.7 Å². The van der Waals surface area contributed by atoms with E-state index in [1.807, 2.05) is 18.2 Å². The number of thiazole rings is 1. The first kappa shape index (κ1) is 16.4. The van der Waals surface area contributed by atoms with Crippen molar-refractivity contribution in [1.82, 2.24) is 15.3 Å². The zero-order valence-corrected chi connectivity index (χ0v) is 14.2. The van der Waals surface area contributed by atoms with Crippen LogP contribution in [0.25, 0.3) is 0 Å². The molecule has 1 amide bonds. The summed E-state index contributed by atoms with van der Waals surface area (Å²) < 4.78 is 5.62. The number of aromatic nitrogens is 2. The molecule has 2 aromatic heterocycles. The summed E-state index contributed by atoms with van der Waals surface area (Å²) in [7, 11) is 0. The molecule has 24 heavy (non-hydrogen) atoms. The van der Waals surface area contributed by atoms with Crippen molar-refractivity contribution in [2.75, 3.05) is 0 Å². The van der Waals surface area contributed by atoms with Crippen LogP contribution in [0.5, 0.6) is 5.75 Å². The number of carbonyl (C=O) groups is 1. The minimum Gasteiger partial charge on any atom is -0.486 e. The number of benzene rings is 1. The molecule has 0 fully saturated rings. The Morgan fingerprint density at radius 1 is 1.21 bits per heavy atom. The SMILES string of the molecule is O=C(NCc1ccccn1)c1csc(COc2ccc(Cl)cc2)n1. The Morgan fingerprint density at radius 2 is 2.04 bits per heavy atom. The van der Waals surface area contributed by atoms with E-state index >= 15 is 0 Å². The van der Waals surface area contributed by atoms with E-state index in [2.05, 4.69) is 15.3 Å². The van der Waals surface area contributed by atoms with Crippen LogP contribution in [-0.4, -0.2) is 15.9 Å². The molecule has 122 valence electrons. The van der Waals surface area contributed by atoms with Crippen molar-refractivity contribution in [2.24, 2.45) is 0 Å². The first-order valence-electron chi connectivity index (χ1n) is 7.21. The summed E-state index contributed by atoms with van der Waals surface area (Å²) in [5.74, 6) is 0.477. The average Bonchev–Trinajstić information content (AvgIpc) is 3.09. The highest BCUT2D eigenvalue weighted by Gasteiger charge is 2.11. The van der Waals surface area contributed by atoms with Gasteiger partial charge in [0, 0.05) is 16.6 Å². The Balaban J connectivity index is 1.52. The fraction of sp³-hybridized carbons (Fsp3) is 0.118. The third kappa shape index (κ3) is 4.53. The van der Waals surface area contributed by atoms with Crippen LogP contribution < -0.4 is 10.1 Å². The molecule has 3 aromatic rings. The van der Waals surface area contributed by atoms with E-state index in [4.69, 9.17) is 16.3 Å². The zero-order chi connectivity index (χ0) is 16.8. The summed E-state index contributed by atoms with van der Waals surface area (Å²) in [4.78, 5) is 20.5. The van der Waals surface area contributed by atoms with Gasteiger partial charge in [-0.2, -0.15) is 0 Å². The van der Waals surface area contributed by atoms with Gasteiger partial charge in [0.15, 0.2) is 0 Å². The van der Waals surface area contributed by atoms with E-state index in [9.17, 15) is 4.79 Å². The topological polar surface area (TPSA) is 64.1 Å². The molecule has 7 heteroatoms. The van der Waals surface area contributed by atoms with Crippen LogP contribution in [0, 0.1) is 0 Å². The molecule has 0 bridgehead atoms. The lowest BCUT2D eigenvalue weighted by molar-refractivity contribution is 0.0946. The highest BCUT2D eigenvalue weighted by molar-refractivity contribution is 7.09. The van der Waals surface area contributed by atoms with E-state index in [1.165, 1.54) is 11.3 Å². The number of rotatable bonds is 6. The third-order valence-electron chi connectivity index (χ3n) is 3.12. The van der Waals surface area contributed by atoms with Crippen LogP contribution in [0.2, 0.25) is 5.02 Å². The lowest BCUT2D eigenvalue weighted by Gasteiger charge is -2.04. The van der Waals surface area contributed by atoms with Gasteiger partial charge in [0.1, 0.15) is 23.1 Å². The average molecular weight is 360 g/mol. The van der Waals surface area contributed by atoms with E-state index in [0.29, 0.717) is 29.6 Å². The lowest BCUT2D eigenvalue weighted by atomic mass is 10.3. The highest BCUT2D eigenvalue weighted by Crippen LogP contribution is 2.18. The number of halogens is 1. The van der Waals surface area contributed by atoms with E-state index < -0.39 is 0 Å². The van der Waals surface area contributed by atoms with Crippen LogP contribution in [0.4, 0.5) is 0 Å². The first-order valence-corrected chi connectivity index (χ1v) is 8.47. The highest BCUT2D eigenvalue weighted by atomic mass is 35.5. The van der Waals surface area contributed by atoms with Crippen LogP contribution >= 0.6 is 22.9 Å². The lowest BCUT2D eigenvalue weighted by Crippen LogP contribution is -2.23. The summed E-state index contributed by atoms with van der Waals surface area (Å²) in [5.41, 5.74) is 1.18. The fourth-order valence-corrected chi connectivity index (χ4v) is 2.73. The molecular weight excluding hydrogens is 346 g/mol. The van der Waals surface area contributed by atoms with Crippen molar-refractivity contribution in [1.29, 1.82) is 0 Å². The van der Waals surface area contributed by atoms with Gasteiger partial charge in [0.25, 0.3) is 5.91 Å². The quantitative estimate of drug-likeness (QED) is 0.728. The standard InChI is InChI=1S/C17H14ClN3O2S/c18-12-4-6-14(7-5-12)23-10-16-21-15(11-24-16)17(22)20-9-13-3-1-2-8-19-13/h1-8,11H,9-10H2,(H,20,22). The van der Waals surface area contributed by atoms with Gasteiger partial charge in [0.2, 0.25) is 0 Å². The molecule has 0 atom stereocenters. The second kappa shape index (κ2) is 7.90. The smallest absolute Gasteiger partial charge is 0.271 e. The van der Waals surface area contributed by atoms with Gasteiger partial charge in [-0.15, -0.1) is 11.3 Å². The molecule has 0 radical (unpaired) electrons. The molecule has 3 rings (SSSR count). The van der Waals surface area contributed by atoms with Gasteiger partial charge in [0.05, 0.1) is 12.2 Å². The van der Waals surface area contributed by atoms with Gasteiger partial charge < -0.3 is 10.1 Å². The monoisotopic (exact) mass is 359 g/mol. The maximum absolute atomic E-state index is 12.1.